The van der Waals surface area contributed by atoms with Gasteiger partial charge in [-0.1, -0.05) is 20.8 Å². The first-order valence-corrected chi connectivity index (χ1v) is 13.8. The highest BCUT2D eigenvalue weighted by molar-refractivity contribution is 6.74. The molecular weight excluding hydrogens is 400 g/mol. The lowest BCUT2D eigenvalue weighted by molar-refractivity contribution is -0.167. The van der Waals surface area contributed by atoms with Crippen molar-refractivity contribution in [3.63, 3.8) is 0 Å². The molecule has 7 nitrogen and oxygen atoms in total. The van der Waals surface area contributed by atoms with Gasteiger partial charge in [-0.3, -0.25) is 14.5 Å². The van der Waals surface area contributed by atoms with Gasteiger partial charge in [-0.05, 0) is 66.1 Å². The third kappa shape index (κ3) is 7.94. The maximum Gasteiger partial charge on any atom is 0.326 e. The van der Waals surface area contributed by atoms with Gasteiger partial charge in [0, 0.05) is 13.1 Å². The molecule has 0 unspecified atom stereocenters. The number of rotatable bonds is 7. The van der Waals surface area contributed by atoms with E-state index in [1.165, 1.54) is 0 Å². The molecule has 0 aromatic carbocycles. The van der Waals surface area contributed by atoms with Crippen molar-refractivity contribution in [1.29, 1.82) is 0 Å². The lowest BCUT2D eigenvalue weighted by Crippen LogP contribution is -2.62. The normalized spacial score (nSPS) is 20.9. The zero-order valence-electron chi connectivity index (χ0n) is 20.9. The van der Waals surface area contributed by atoms with Crippen LogP contribution in [0.1, 0.15) is 68.7 Å². The lowest BCUT2D eigenvalue weighted by atomic mass is 10.0. The van der Waals surface area contributed by atoms with Crippen molar-refractivity contribution < 1.29 is 23.5 Å². The van der Waals surface area contributed by atoms with E-state index in [-0.39, 0.29) is 17.0 Å². The van der Waals surface area contributed by atoms with Crippen molar-refractivity contribution in [2.45, 2.75) is 116 Å². The Hall–Kier alpha value is -0.963. The molecule has 1 fully saturated rings. The molecule has 1 heterocycles. The Morgan fingerprint density at radius 2 is 1.50 bits per heavy atom. The highest BCUT2D eigenvalue weighted by Gasteiger charge is 2.45. The van der Waals surface area contributed by atoms with Crippen LogP contribution in [0.4, 0.5) is 0 Å². The number of ether oxygens (including phenoxy) is 2. The number of nitrogens with two attached hydrogens (primary N) is 1. The van der Waals surface area contributed by atoms with Gasteiger partial charge in [-0.2, -0.15) is 0 Å². The van der Waals surface area contributed by atoms with Gasteiger partial charge in [0.25, 0.3) is 0 Å². The largest absolute Gasteiger partial charge is 0.459 e. The summed E-state index contributed by atoms with van der Waals surface area (Å²) < 4.78 is 17.6. The molecule has 1 aliphatic rings. The molecule has 176 valence electrons. The van der Waals surface area contributed by atoms with Crippen molar-refractivity contribution in [3.05, 3.63) is 0 Å². The van der Waals surface area contributed by atoms with E-state index in [1.54, 1.807) is 0 Å². The quantitative estimate of drug-likeness (QED) is 0.475. The van der Waals surface area contributed by atoms with E-state index in [0.29, 0.717) is 6.54 Å². The van der Waals surface area contributed by atoms with Crippen LogP contribution in [0.25, 0.3) is 0 Å². The van der Waals surface area contributed by atoms with E-state index >= 15 is 0 Å². The number of likely N-dealkylation sites (tertiary alicyclic amines) is 1. The third-order valence-corrected chi connectivity index (χ3v) is 10.1. The Bertz CT molecular complexity index is 616. The van der Waals surface area contributed by atoms with Crippen LogP contribution in [0.5, 0.6) is 0 Å². The Labute approximate surface area is 184 Å². The second-order valence-electron chi connectivity index (χ2n) is 11.8. The molecule has 0 aliphatic carbocycles. The third-order valence-electron chi connectivity index (χ3n) is 5.56. The van der Waals surface area contributed by atoms with Gasteiger partial charge in [0.2, 0.25) is 0 Å². The van der Waals surface area contributed by atoms with E-state index in [1.807, 2.05) is 46.4 Å². The molecule has 0 aromatic heterocycles. The summed E-state index contributed by atoms with van der Waals surface area (Å²) in [5.41, 5.74) is 5.18. The van der Waals surface area contributed by atoms with Gasteiger partial charge in [0.15, 0.2) is 8.32 Å². The van der Waals surface area contributed by atoms with E-state index in [9.17, 15) is 9.59 Å². The van der Waals surface area contributed by atoms with Crippen LogP contribution in [-0.2, 0) is 23.5 Å². The average Bonchev–Trinajstić information content (AvgIpc) is 2.44. The Morgan fingerprint density at radius 3 is 1.87 bits per heavy atom. The molecule has 0 saturated carbocycles. The van der Waals surface area contributed by atoms with Crippen LogP contribution in [0.3, 0.4) is 0 Å². The van der Waals surface area contributed by atoms with Crippen molar-refractivity contribution >= 4 is 20.3 Å². The monoisotopic (exact) mass is 444 g/mol. The standard InChI is InChI=1S/C22H44N2O5Si/c1-20(2,3)27-18(25)15-12-13-24(15)14-16(29-30(10,11)22(7,8)9)17(23)19(26)28-21(4,5)6/h15-17H,12-14,23H2,1-11H3/t15-,16-,17-/m0/s1. The fourth-order valence-electron chi connectivity index (χ4n) is 2.83. The number of hydrogen-bond acceptors (Lipinski definition) is 7. The van der Waals surface area contributed by atoms with Crippen LogP contribution in [-0.4, -0.2) is 67.6 Å². The molecule has 0 aromatic rings. The molecule has 0 bridgehead atoms. The molecule has 2 N–H and O–H groups in total. The van der Waals surface area contributed by atoms with Crippen LogP contribution >= 0.6 is 0 Å². The van der Waals surface area contributed by atoms with Crippen LogP contribution in [0.15, 0.2) is 0 Å². The van der Waals surface area contributed by atoms with Gasteiger partial charge in [0.05, 0.1) is 6.10 Å². The summed E-state index contributed by atoms with van der Waals surface area (Å²) in [6.45, 7) is 22.8. The minimum Gasteiger partial charge on any atom is -0.459 e. The van der Waals surface area contributed by atoms with Crippen LogP contribution < -0.4 is 5.73 Å². The smallest absolute Gasteiger partial charge is 0.326 e. The van der Waals surface area contributed by atoms with E-state index in [0.717, 1.165) is 13.0 Å². The van der Waals surface area contributed by atoms with Crippen molar-refractivity contribution in [2.24, 2.45) is 5.73 Å². The maximum atomic E-state index is 12.7. The molecule has 30 heavy (non-hydrogen) atoms. The van der Waals surface area contributed by atoms with E-state index in [2.05, 4.69) is 33.9 Å². The van der Waals surface area contributed by atoms with Crippen molar-refractivity contribution in [3.8, 4) is 0 Å². The minimum atomic E-state index is -2.21. The fourth-order valence-corrected chi connectivity index (χ4v) is 4.16. The number of hydrogen-bond donors (Lipinski definition) is 1. The molecule has 0 radical (unpaired) electrons. The summed E-state index contributed by atoms with van der Waals surface area (Å²) in [5, 5.41) is -0.0432. The maximum absolute atomic E-state index is 12.7. The highest BCUT2D eigenvalue weighted by atomic mass is 28.4. The molecule has 1 rings (SSSR count). The summed E-state index contributed by atoms with van der Waals surface area (Å²) in [5.74, 6) is -0.730. The first-order valence-electron chi connectivity index (χ1n) is 10.9. The topological polar surface area (TPSA) is 91.1 Å². The molecule has 0 amide bonds. The average molecular weight is 445 g/mol. The van der Waals surface area contributed by atoms with Gasteiger partial charge in [0.1, 0.15) is 23.3 Å². The first-order chi connectivity index (χ1) is 13.2. The highest BCUT2D eigenvalue weighted by Crippen LogP contribution is 2.38. The fraction of sp³-hybridized carbons (Fsp3) is 0.909. The molecular formula is C22H44N2O5Si. The summed E-state index contributed by atoms with van der Waals surface area (Å²) >= 11 is 0. The molecule has 8 heteroatoms. The second-order valence-corrected chi connectivity index (χ2v) is 16.6. The number of carbonyl (C=O) groups excluding carboxylic acids is 2. The van der Waals surface area contributed by atoms with Gasteiger partial charge < -0.3 is 19.6 Å². The SMILES string of the molecule is CC(C)(C)OC(=O)[C@@H](N)[C@H](CN1CC[C@H]1C(=O)OC(C)(C)C)O[Si](C)(C)C(C)(C)C. The number of carbonyl (C=O) groups is 2. The lowest BCUT2D eigenvalue weighted by Gasteiger charge is -2.45. The zero-order chi connectivity index (χ0) is 23.7. The van der Waals surface area contributed by atoms with Gasteiger partial charge >= 0.3 is 11.9 Å². The number of nitrogens with zero attached hydrogens (tertiary/aromatic N) is 1. The Balaban J connectivity index is 3.01. The van der Waals surface area contributed by atoms with Crippen molar-refractivity contribution in [1.82, 2.24) is 4.90 Å². The van der Waals surface area contributed by atoms with E-state index < -0.39 is 37.6 Å². The molecule has 0 spiro atoms. The summed E-state index contributed by atoms with van der Waals surface area (Å²) in [7, 11) is -2.21. The zero-order valence-corrected chi connectivity index (χ0v) is 21.9. The van der Waals surface area contributed by atoms with Crippen LogP contribution in [0, 0.1) is 0 Å². The van der Waals surface area contributed by atoms with Crippen molar-refractivity contribution in [2.75, 3.05) is 13.1 Å². The summed E-state index contributed by atoms with van der Waals surface area (Å²) in [4.78, 5) is 27.3. The first kappa shape index (κ1) is 27.1. The van der Waals surface area contributed by atoms with Gasteiger partial charge in [-0.25, -0.2) is 0 Å². The summed E-state index contributed by atoms with van der Waals surface area (Å²) in [6, 6.07) is -1.26. The second kappa shape index (κ2) is 9.26. The molecule has 1 aliphatic heterocycles. The predicted octanol–water partition coefficient (Wildman–Crippen LogP) is 3.46. The van der Waals surface area contributed by atoms with E-state index in [4.69, 9.17) is 19.6 Å². The minimum absolute atomic E-state index is 0.0432. The van der Waals surface area contributed by atoms with Gasteiger partial charge in [-0.15, -0.1) is 0 Å². The summed E-state index contributed by atoms with van der Waals surface area (Å²) in [6.07, 6.45) is 0.162. The Kier molecular flexibility index (Phi) is 8.36. The van der Waals surface area contributed by atoms with Crippen LogP contribution in [0.2, 0.25) is 18.1 Å². The molecule has 1 saturated heterocycles. The molecule has 3 atom stereocenters. The Morgan fingerprint density at radius 1 is 1.00 bits per heavy atom. The number of esters is 2. The predicted molar refractivity (Wildman–Crippen MR) is 122 cm³/mol.